The standard InChI is InChI=1S/C26H27N7O2.CH4/c1-17(34)12-14-33(23-5-3-4-13-29-23)26(35)19-8-11-22-21(15-19)31-24(32(22)2)16-30-20-9-6-18(7-10-20)25(27)28;/h3-11,13,15,30H,12,14,16H2,1-2H3,(H3,27,28);1H4. The Morgan fingerprint density at radius 3 is 2.44 bits per heavy atom. The number of Topliss-reactive ketones (excluding diaryl/α,β-unsaturated/α-hetero) is 1. The van der Waals surface area contributed by atoms with Crippen molar-refractivity contribution >= 4 is 40.1 Å². The summed E-state index contributed by atoms with van der Waals surface area (Å²) in [7, 11) is 1.93. The van der Waals surface area contributed by atoms with E-state index < -0.39 is 0 Å². The average molecular weight is 486 g/mol. The second kappa shape index (κ2) is 11.3. The van der Waals surface area contributed by atoms with Crippen LogP contribution < -0.4 is 16.0 Å². The number of ketones is 1. The topological polar surface area (TPSA) is 130 Å². The maximum atomic E-state index is 13.4. The minimum Gasteiger partial charge on any atom is -0.384 e. The number of anilines is 2. The van der Waals surface area contributed by atoms with Crippen molar-refractivity contribution in [2.75, 3.05) is 16.8 Å². The van der Waals surface area contributed by atoms with Gasteiger partial charge in [0.25, 0.3) is 5.91 Å². The van der Waals surface area contributed by atoms with Crippen molar-refractivity contribution < 1.29 is 9.59 Å². The zero-order valence-corrected chi connectivity index (χ0v) is 19.7. The Morgan fingerprint density at radius 2 is 1.81 bits per heavy atom. The fraction of sp³-hybridized carbons (Fsp3) is 0.222. The van der Waals surface area contributed by atoms with Crippen molar-refractivity contribution in [3.8, 4) is 0 Å². The molecule has 0 atom stereocenters. The third kappa shape index (κ3) is 5.75. The number of hydrogen-bond acceptors (Lipinski definition) is 6. The quantitative estimate of drug-likeness (QED) is 0.241. The lowest BCUT2D eigenvalue weighted by Gasteiger charge is -2.21. The molecule has 2 heterocycles. The number of rotatable bonds is 9. The van der Waals surface area contributed by atoms with E-state index in [0.29, 0.717) is 29.0 Å². The maximum Gasteiger partial charge on any atom is 0.259 e. The van der Waals surface area contributed by atoms with Gasteiger partial charge in [-0.05, 0) is 61.5 Å². The number of carbonyl (C=O) groups is 2. The van der Waals surface area contributed by atoms with Gasteiger partial charge in [-0.2, -0.15) is 0 Å². The number of aryl methyl sites for hydroxylation is 1. The zero-order chi connectivity index (χ0) is 24.9. The van der Waals surface area contributed by atoms with Crippen LogP contribution in [-0.4, -0.2) is 38.6 Å². The molecule has 186 valence electrons. The van der Waals surface area contributed by atoms with Gasteiger partial charge < -0.3 is 15.6 Å². The second-order valence-electron chi connectivity index (χ2n) is 8.23. The van der Waals surface area contributed by atoms with Crippen LogP contribution in [0.1, 0.15) is 42.5 Å². The van der Waals surface area contributed by atoms with Crippen LogP contribution in [0.2, 0.25) is 0 Å². The Labute approximate surface area is 210 Å². The normalized spacial score (nSPS) is 10.5. The minimum atomic E-state index is -0.234. The van der Waals surface area contributed by atoms with E-state index in [2.05, 4.69) is 10.3 Å². The monoisotopic (exact) mass is 485 g/mol. The van der Waals surface area contributed by atoms with Crippen LogP contribution >= 0.6 is 0 Å². The molecule has 0 saturated heterocycles. The molecule has 36 heavy (non-hydrogen) atoms. The number of hydrogen-bond donors (Lipinski definition) is 3. The van der Waals surface area contributed by atoms with Gasteiger partial charge in [-0.15, -0.1) is 0 Å². The molecule has 1 amide bonds. The first-order chi connectivity index (χ1) is 16.8. The van der Waals surface area contributed by atoms with E-state index in [-0.39, 0.29) is 37.9 Å². The van der Waals surface area contributed by atoms with Crippen molar-refractivity contribution in [1.29, 1.82) is 5.41 Å². The van der Waals surface area contributed by atoms with Gasteiger partial charge in [0, 0.05) is 43.0 Å². The number of fused-ring (bicyclic) bond motifs is 1. The predicted molar refractivity (Wildman–Crippen MR) is 143 cm³/mol. The number of aromatic nitrogens is 3. The molecule has 2 aromatic heterocycles. The second-order valence-corrected chi connectivity index (χ2v) is 8.23. The molecule has 2 aromatic carbocycles. The van der Waals surface area contributed by atoms with E-state index in [1.165, 1.54) is 11.8 Å². The van der Waals surface area contributed by atoms with Crippen LogP contribution in [0.3, 0.4) is 0 Å². The van der Waals surface area contributed by atoms with Gasteiger partial charge in [-0.1, -0.05) is 13.5 Å². The molecule has 0 spiro atoms. The maximum absolute atomic E-state index is 13.4. The van der Waals surface area contributed by atoms with Crippen LogP contribution in [0, 0.1) is 5.41 Å². The van der Waals surface area contributed by atoms with Gasteiger partial charge in [0.15, 0.2) is 0 Å². The highest BCUT2D eigenvalue weighted by Crippen LogP contribution is 2.21. The van der Waals surface area contributed by atoms with Crippen LogP contribution in [-0.2, 0) is 18.4 Å². The number of carbonyl (C=O) groups excluding carboxylic acids is 2. The Bertz CT molecular complexity index is 1380. The first kappa shape index (κ1) is 26.1. The lowest BCUT2D eigenvalue weighted by Crippen LogP contribution is -2.33. The first-order valence-electron chi connectivity index (χ1n) is 11.2. The summed E-state index contributed by atoms with van der Waals surface area (Å²) in [6.45, 7) is 2.24. The van der Waals surface area contributed by atoms with Crippen molar-refractivity contribution in [2.45, 2.75) is 27.3 Å². The van der Waals surface area contributed by atoms with Crippen LogP contribution in [0.15, 0.2) is 66.9 Å². The number of amidine groups is 1. The molecule has 4 rings (SSSR count). The van der Waals surface area contributed by atoms with E-state index in [1.54, 1.807) is 42.6 Å². The van der Waals surface area contributed by atoms with Gasteiger partial charge in [0.05, 0.1) is 17.6 Å². The number of amides is 1. The molecule has 0 saturated carbocycles. The predicted octanol–water partition coefficient (Wildman–Crippen LogP) is 4.13. The summed E-state index contributed by atoms with van der Waals surface area (Å²) in [6.07, 6.45) is 1.87. The molecule has 4 aromatic rings. The number of nitrogens with one attached hydrogen (secondary N) is 2. The molecule has 9 heteroatoms. The van der Waals surface area contributed by atoms with Gasteiger partial charge in [0.1, 0.15) is 23.3 Å². The molecule has 0 unspecified atom stereocenters. The van der Waals surface area contributed by atoms with Crippen LogP contribution in [0.25, 0.3) is 11.0 Å². The fourth-order valence-electron chi connectivity index (χ4n) is 3.75. The number of nitrogens with two attached hydrogens (primary N) is 1. The summed E-state index contributed by atoms with van der Waals surface area (Å²) >= 11 is 0. The van der Waals surface area contributed by atoms with E-state index >= 15 is 0 Å². The van der Waals surface area contributed by atoms with E-state index in [1.807, 2.05) is 35.9 Å². The number of nitrogen functional groups attached to an aromatic ring is 1. The number of pyridine rings is 1. The lowest BCUT2D eigenvalue weighted by molar-refractivity contribution is -0.116. The molecular weight excluding hydrogens is 454 g/mol. The number of imidazole rings is 1. The third-order valence-corrected chi connectivity index (χ3v) is 5.73. The summed E-state index contributed by atoms with van der Waals surface area (Å²) < 4.78 is 1.98. The molecule has 0 aliphatic carbocycles. The minimum absolute atomic E-state index is 0. The Kier molecular flexibility index (Phi) is 8.16. The Balaban J connectivity index is 0.00000361. The molecule has 4 N–H and O–H groups in total. The number of nitrogens with zero attached hydrogens (tertiary/aromatic N) is 4. The smallest absolute Gasteiger partial charge is 0.259 e. The summed E-state index contributed by atoms with van der Waals surface area (Å²) in [6, 6.07) is 18.1. The van der Waals surface area contributed by atoms with E-state index in [9.17, 15) is 9.59 Å². The lowest BCUT2D eigenvalue weighted by atomic mass is 10.1. The van der Waals surface area contributed by atoms with Gasteiger partial charge in [-0.25, -0.2) is 9.97 Å². The van der Waals surface area contributed by atoms with E-state index in [4.69, 9.17) is 16.1 Å². The first-order valence-corrected chi connectivity index (χ1v) is 11.2. The summed E-state index contributed by atoms with van der Waals surface area (Å²) in [5.74, 6) is 1.11. The fourth-order valence-corrected chi connectivity index (χ4v) is 3.75. The molecule has 0 aliphatic rings. The highest BCUT2D eigenvalue weighted by Gasteiger charge is 2.20. The van der Waals surface area contributed by atoms with Gasteiger partial charge in [-0.3, -0.25) is 19.9 Å². The molecule has 0 fully saturated rings. The van der Waals surface area contributed by atoms with Crippen LogP contribution in [0.5, 0.6) is 0 Å². The van der Waals surface area contributed by atoms with Crippen molar-refractivity contribution in [2.24, 2.45) is 12.8 Å². The van der Waals surface area contributed by atoms with E-state index in [0.717, 1.165) is 17.0 Å². The highest BCUT2D eigenvalue weighted by molar-refractivity contribution is 6.07. The van der Waals surface area contributed by atoms with Gasteiger partial charge in [0.2, 0.25) is 0 Å². The SMILES string of the molecule is C.CC(=O)CCN(C(=O)c1ccc2c(c1)nc(CNc1ccc(C(=N)N)cc1)n2C)c1ccccn1. The summed E-state index contributed by atoms with van der Waals surface area (Å²) in [5.41, 5.74) is 9.14. The van der Waals surface area contributed by atoms with Crippen molar-refractivity contribution in [3.05, 3.63) is 83.8 Å². The summed E-state index contributed by atoms with van der Waals surface area (Å²) in [5, 5.41) is 10.8. The molecule has 9 nitrogen and oxygen atoms in total. The zero-order valence-electron chi connectivity index (χ0n) is 19.7. The number of benzene rings is 2. The molecule has 0 bridgehead atoms. The van der Waals surface area contributed by atoms with Crippen molar-refractivity contribution in [1.82, 2.24) is 14.5 Å². The average Bonchev–Trinajstić information content (AvgIpc) is 3.18. The van der Waals surface area contributed by atoms with Crippen molar-refractivity contribution in [3.63, 3.8) is 0 Å². The van der Waals surface area contributed by atoms with Crippen LogP contribution in [0.4, 0.5) is 11.5 Å². The molecular formula is C27H31N7O2. The molecule has 0 aliphatic heterocycles. The summed E-state index contributed by atoms with van der Waals surface area (Å²) in [4.78, 5) is 35.5. The highest BCUT2D eigenvalue weighted by atomic mass is 16.2. The largest absolute Gasteiger partial charge is 0.384 e. The Morgan fingerprint density at radius 1 is 1.08 bits per heavy atom. The third-order valence-electron chi connectivity index (χ3n) is 5.73. The molecule has 0 radical (unpaired) electrons. The Hall–Kier alpha value is -4.53. The van der Waals surface area contributed by atoms with Gasteiger partial charge >= 0.3 is 0 Å².